The lowest BCUT2D eigenvalue weighted by atomic mass is 10.1. The molecule has 3 N–H and O–H groups in total. The molecule has 5 nitrogen and oxygen atoms in total. The molecule has 0 radical (unpaired) electrons. The highest BCUT2D eigenvalue weighted by molar-refractivity contribution is 14.0. The van der Waals surface area contributed by atoms with E-state index in [2.05, 4.69) is 20.9 Å². The summed E-state index contributed by atoms with van der Waals surface area (Å²) in [7, 11) is 1.70. The summed E-state index contributed by atoms with van der Waals surface area (Å²) >= 11 is 11.7. The Bertz CT molecular complexity index is 559. The van der Waals surface area contributed by atoms with Gasteiger partial charge in [0.25, 0.3) is 5.91 Å². The second-order valence-electron chi connectivity index (χ2n) is 5.76. The quantitative estimate of drug-likeness (QED) is 0.272. The monoisotopic (exact) mass is 472 g/mol. The lowest BCUT2D eigenvalue weighted by molar-refractivity contribution is 0.0954. The Hall–Kier alpha value is -0.730. The minimum atomic E-state index is -0.195. The molecule has 0 spiro atoms. The van der Waals surface area contributed by atoms with Gasteiger partial charge in [0, 0.05) is 31.2 Å². The van der Waals surface area contributed by atoms with E-state index in [1.165, 1.54) is 0 Å². The van der Waals surface area contributed by atoms with Crippen molar-refractivity contribution >= 4 is 59.0 Å². The summed E-state index contributed by atoms with van der Waals surface area (Å²) in [5, 5.41) is 9.96. The lowest BCUT2D eigenvalue weighted by Crippen LogP contribution is -2.49. The number of nitrogens with one attached hydrogen (secondary N) is 3. The number of hydrogen-bond acceptors (Lipinski definition) is 2. The highest BCUT2D eigenvalue weighted by Crippen LogP contribution is 2.22. The van der Waals surface area contributed by atoms with Crippen molar-refractivity contribution in [2.24, 2.45) is 4.99 Å². The molecule has 1 aromatic rings. The first-order valence-corrected chi connectivity index (χ1v) is 7.70. The van der Waals surface area contributed by atoms with Gasteiger partial charge in [-0.05, 0) is 39.0 Å². The Morgan fingerprint density at radius 3 is 2.26 bits per heavy atom. The van der Waals surface area contributed by atoms with Crippen LogP contribution in [-0.2, 0) is 0 Å². The third kappa shape index (κ3) is 8.62. The molecule has 0 saturated heterocycles. The highest BCUT2D eigenvalue weighted by Gasteiger charge is 2.11. The topological polar surface area (TPSA) is 65.5 Å². The summed E-state index contributed by atoms with van der Waals surface area (Å²) in [6.45, 7) is 7.16. The number of carbonyl (C=O) groups excluding carboxylic acids is 1. The normalized spacial score (nSPS) is 11.5. The molecule has 1 aromatic carbocycles. The summed E-state index contributed by atoms with van der Waals surface area (Å²) in [5.74, 6) is 0.496. The van der Waals surface area contributed by atoms with E-state index in [9.17, 15) is 4.79 Å². The van der Waals surface area contributed by atoms with Crippen LogP contribution in [0.25, 0.3) is 0 Å². The van der Waals surface area contributed by atoms with Crippen LogP contribution in [-0.4, -0.2) is 37.5 Å². The minimum absolute atomic E-state index is 0. The first-order chi connectivity index (χ1) is 10.2. The second kappa shape index (κ2) is 10.2. The van der Waals surface area contributed by atoms with Crippen LogP contribution < -0.4 is 16.0 Å². The fourth-order valence-corrected chi connectivity index (χ4v) is 1.93. The minimum Gasteiger partial charge on any atom is -0.355 e. The molecule has 1 rings (SSSR count). The van der Waals surface area contributed by atoms with Gasteiger partial charge in [-0.3, -0.25) is 9.79 Å². The fraction of sp³-hybridized carbons (Fsp3) is 0.467. The van der Waals surface area contributed by atoms with E-state index in [0.29, 0.717) is 34.7 Å². The number of hydrogen-bond donors (Lipinski definition) is 3. The average Bonchev–Trinajstić information content (AvgIpc) is 2.43. The third-order valence-corrected chi connectivity index (χ3v) is 3.34. The molecule has 1 amide bonds. The molecule has 0 aliphatic rings. The van der Waals surface area contributed by atoms with Crippen molar-refractivity contribution in [1.29, 1.82) is 0 Å². The molecule has 0 aromatic heterocycles. The molecule has 0 aliphatic heterocycles. The van der Waals surface area contributed by atoms with Crippen molar-refractivity contribution in [3.63, 3.8) is 0 Å². The molecule has 0 saturated carbocycles. The summed E-state index contributed by atoms with van der Waals surface area (Å²) in [4.78, 5) is 16.1. The highest BCUT2D eigenvalue weighted by atomic mass is 127. The maximum absolute atomic E-state index is 12.0. The van der Waals surface area contributed by atoms with Crippen molar-refractivity contribution < 1.29 is 4.79 Å². The predicted molar refractivity (Wildman–Crippen MR) is 108 cm³/mol. The van der Waals surface area contributed by atoms with Crippen LogP contribution in [0, 0.1) is 0 Å². The van der Waals surface area contributed by atoms with Crippen molar-refractivity contribution in [3.05, 3.63) is 33.8 Å². The van der Waals surface area contributed by atoms with Gasteiger partial charge >= 0.3 is 0 Å². The molecular weight excluding hydrogens is 450 g/mol. The van der Waals surface area contributed by atoms with Crippen LogP contribution in [0.5, 0.6) is 0 Å². The lowest BCUT2D eigenvalue weighted by Gasteiger charge is -2.23. The third-order valence-electron chi connectivity index (χ3n) is 2.60. The smallest absolute Gasteiger partial charge is 0.251 e. The zero-order valence-corrected chi connectivity index (χ0v) is 17.5. The molecule has 8 heteroatoms. The average molecular weight is 473 g/mol. The number of carbonyl (C=O) groups is 1. The Morgan fingerprint density at radius 2 is 1.74 bits per heavy atom. The Kier molecular flexibility index (Phi) is 9.88. The number of halogens is 3. The molecule has 0 heterocycles. The predicted octanol–water partition coefficient (Wildman–Crippen LogP) is 3.30. The number of benzene rings is 1. The molecular formula is C15H23Cl2IN4O. The van der Waals surface area contributed by atoms with Crippen LogP contribution in [0.15, 0.2) is 23.2 Å². The van der Waals surface area contributed by atoms with Gasteiger partial charge in [0.05, 0.1) is 10.0 Å². The van der Waals surface area contributed by atoms with E-state index in [0.717, 1.165) is 0 Å². The van der Waals surface area contributed by atoms with E-state index >= 15 is 0 Å². The first-order valence-electron chi connectivity index (χ1n) is 6.95. The van der Waals surface area contributed by atoms with E-state index in [4.69, 9.17) is 23.2 Å². The standard InChI is InChI=1S/C15H22Cl2N4O.HI/c1-15(2,3)21-14(18-4)20-8-7-19-13(22)10-5-6-11(16)12(17)9-10;/h5-6,9H,7-8H2,1-4H3,(H,19,22)(H2,18,20,21);1H. The molecule has 0 bridgehead atoms. The van der Waals surface area contributed by atoms with Crippen LogP contribution >= 0.6 is 47.2 Å². The van der Waals surface area contributed by atoms with Crippen LogP contribution in [0.2, 0.25) is 10.0 Å². The first kappa shape index (κ1) is 22.3. The van der Waals surface area contributed by atoms with Crippen LogP contribution in [0.3, 0.4) is 0 Å². The van der Waals surface area contributed by atoms with E-state index < -0.39 is 0 Å². The van der Waals surface area contributed by atoms with Gasteiger partial charge in [0.15, 0.2) is 5.96 Å². The summed E-state index contributed by atoms with van der Waals surface area (Å²) < 4.78 is 0. The van der Waals surface area contributed by atoms with E-state index in [1.54, 1.807) is 25.2 Å². The van der Waals surface area contributed by atoms with E-state index in [-0.39, 0.29) is 35.4 Å². The fourth-order valence-electron chi connectivity index (χ4n) is 1.63. The van der Waals surface area contributed by atoms with E-state index in [1.807, 2.05) is 20.8 Å². The summed E-state index contributed by atoms with van der Waals surface area (Å²) in [6.07, 6.45) is 0. The number of aliphatic imine (C=N–C) groups is 1. The Balaban J connectivity index is 0.00000484. The van der Waals surface area contributed by atoms with Gasteiger partial charge in [-0.25, -0.2) is 0 Å². The Labute approximate surface area is 164 Å². The SMILES string of the molecule is CN=C(NCCNC(=O)c1ccc(Cl)c(Cl)c1)NC(C)(C)C.I. The van der Waals surface area contributed by atoms with Crippen molar-refractivity contribution in [1.82, 2.24) is 16.0 Å². The van der Waals surface area contributed by atoms with Crippen molar-refractivity contribution in [3.8, 4) is 0 Å². The maximum Gasteiger partial charge on any atom is 0.251 e. The number of rotatable bonds is 4. The molecule has 0 fully saturated rings. The van der Waals surface area contributed by atoms with Gasteiger partial charge in [0.1, 0.15) is 0 Å². The molecule has 130 valence electrons. The van der Waals surface area contributed by atoms with Crippen LogP contribution in [0.1, 0.15) is 31.1 Å². The summed E-state index contributed by atoms with van der Waals surface area (Å²) in [6, 6.07) is 4.79. The largest absolute Gasteiger partial charge is 0.355 e. The van der Waals surface area contributed by atoms with Gasteiger partial charge in [-0.2, -0.15) is 0 Å². The Morgan fingerprint density at radius 1 is 1.13 bits per heavy atom. The summed E-state index contributed by atoms with van der Waals surface area (Å²) in [5.41, 5.74) is 0.400. The van der Waals surface area contributed by atoms with Crippen LogP contribution in [0.4, 0.5) is 0 Å². The van der Waals surface area contributed by atoms with Gasteiger partial charge in [0.2, 0.25) is 0 Å². The molecule has 23 heavy (non-hydrogen) atoms. The van der Waals surface area contributed by atoms with Crippen molar-refractivity contribution in [2.75, 3.05) is 20.1 Å². The zero-order chi connectivity index (χ0) is 16.8. The molecule has 0 unspecified atom stereocenters. The van der Waals surface area contributed by atoms with Gasteiger partial charge in [-0.15, -0.1) is 24.0 Å². The number of amides is 1. The van der Waals surface area contributed by atoms with Crippen molar-refractivity contribution in [2.45, 2.75) is 26.3 Å². The van der Waals surface area contributed by atoms with Gasteiger partial charge < -0.3 is 16.0 Å². The number of nitrogens with zero attached hydrogens (tertiary/aromatic N) is 1. The number of guanidine groups is 1. The van der Waals surface area contributed by atoms with Gasteiger partial charge in [-0.1, -0.05) is 23.2 Å². The zero-order valence-electron chi connectivity index (χ0n) is 13.7. The maximum atomic E-state index is 12.0. The second-order valence-corrected chi connectivity index (χ2v) is 6.57. The molecule has 0 aliphatic carbocycles. The molecule has 0 atom stereocenters.